The van der Waals surface area contributed by atoms with Crippen LogP contribution in [0.1, 0.15) is 28.3 Å². The van der Waals surface area contributed by atoms with E-state index in [1.54, 1.807) is 12.4 Å². The first-order valence-electron chi connectivity index (χ1n) is 6.95. The zero-order chi connectivity index (χ0) is 13.5. The van der Waals surface area contributed by atoms with Crippen LogP contribution in [0.15, 0.2) is 24.5 Å². The number of hydrogen-bond donors (Lipinski definition) is 0. The molecule has 2 aliphatic heterocycles. The number of hydrogen-bond acceptors (Lipinski definition) is 5. The standard InChI is InChI=1S/C15H17N5/c1-19-6-11-2-3-12(18-13(11)8-19)7-20-9-14-15(10-20)17-5-4-16-14/h2-5H,6-10H2,1H3. The third-order valence-corrected chi connectivity index (χ3v) is 3.98. The summed E-state index contributed by atoms with van der Waals surface area (Å²) in [6, 6.07) is 4.38. The van der Waals surface area contributed by atoms with Crippen LogP contribution in [-0.4, -0.2) is 31.8 Å². The first kappa shape index (κ1) is 11.9. The number of pyridine rings is 1. The fourth-order valence-corrected chi connectivity index (χ4v) is 3.03. The van der Waals surface area contributed by atoms with Crippen LogP contribution in [0.2, 0.25) is 0 Å². The summed E-state index contributed by atoms with van der Waals surface area (Å²) in [5, 5.41) is 0. The molecule has 4 rings (SSSR count). The van der Waals surface area contributed by atoms with E-state index in [1.807, 2.05) is 0 Å². The average molecular weight is 267 g/mol. The molecule has 0 spiro atoms. The highest BCUT2D eigenvalue weighted by atomic mass is 15.2. The Kier molecular flexibility index (Phi) is 2.75. The summed E-state index contributed by atoms with van der Waals surface area (Å²) in [7, 11) is 2.13. The summed E-state index contributed by atoms with van der Waals surface area (Å²) in [4.78, 5) is 18.2. The number of rotatable bonds is 2. The molecule has 20 heavy (non-hydrogen) atoms. The van der Waals surface area contributed by atoms with Crippen molar-refractivity contribution in [3.05, 3.63) is 52.9 Å². The number of aromatic nitrogens is 3. The van der Waals surface area contributed by atoms with Gasteiger partial charge in [0.25, 0.3) is 0 Å². The predicted octanol–water partition coefficient (Wildman–Crippen LogP) is 1.33. The zero-order valence-corrected chi connectivity index (χ0v) is 11.6. The van der Waals surface area contributed by atoms with Crippen molar-refractivity contribution in [1.82, 2.24) is 24.8 Å². The van der Waals surface area contributed by atoms with Crippen molar-refractivity contribution in [2.45, 2.75) is 32.7 Å². The van der Waals surface area contributed by atoms with Crippen LogP contribution in [0.4, 0.5) is 0 Å². The highest BCUT2D eigenvalue weighted by Gasteiger charge is 2.22. The molecule has 0 amide bonds. The first-order chi connectivity index (χ1) is 9.78. The van der Waals surface area contributed by atoms with Crippen LogP contribution >= 0.6 is 0 Å². The molecule has 0 aliphatic carbocycles. The second-order valence-electron chi connectivity index (χ2n) is 5.68. The van der Waals surface area contributed by atoms with Crippen molar-refractivity contribution in [1.29, 1.82) is 0 Å². The lowest BCUT2D eigenvalue weighted by Gasteiger charge is -2.14. The van der Waals surface area contributed by atoms with Gasteiger partial charge in [-0.3, -0.25) is 24.8 Å². The SMILES string of the molecule is CN1Cc2ccc(CN3Cc4nccnc4C3)nc2C1. The molecule has 0 saturated carbocycles. The van der Waals surface area contributed by atoms with E-state index in [4.69, 9.17) is 4.98 Å². The maximum atomic E-state index is 4.81. The minimum Gasteiger partial charge on any atom is -0.296 e. The van der Waals surface area contributed by atoms with Crippen LogP contribution in [0.25, 0.3) is 0 Å². The molecule has 4 heterocycles. The third-order valence-electron chi connectivity index (χ3n) is 3.98. The van der Waals surface area contributed by atoms with Crippen molar-refractivity contribution < 1.29 is 0 Å². The molecule has 2 aromatic rings. The van der Waals surface area contributed by atoms with Crippen LogP contribution in [0.3, 0.4) is 0 Å². The largest absolute Gasteiger partial charge is 0.296 e. The molecule has 0 bridgehead atoms. The number of fused-ring (bicyclic) bond motifs is 2. The highest BCUT2D eigenvalue weighted by molar-refractivity contribution is 5.26. The Hall–Kier alpha value is -1.85. The van der Waals surface area contributed by atoms with Gasteiger partial charge in [-0.1, -0.05) is 6.07 Å². The van der Waals surface area contributed by atoms with Crippen LogP contribution in [0.5, 0.6) is 0 Å². The summed E-state index contributed by atoms with van der Waals surface area (Å²) in [5.41, 5.74) is 5.95. The minimum absolute atomic E-state index is 0.870. The molecular weight excluding hydrogens is 250 g/mol. The number of nitrogens with zero attached hydrogens (tertiary/aromatic N) is 5. The van der Waals surface area contributed by atoms with E-state index < -0.39 is 0 Å². The van der Waals surface area contributed by atoms with Crippen molar-refractivity contribution in [2.24, 2.45) is 0 Å². The van der Waals surface area contributed by atoms with Gasteiger partial charge in [-0.05, 0) is 18.7 Å². The van der Waals surface area contributed by atoms with E-state index in [2.05, 4.69) is 38.9 Å². The van der Waals surface area contributed by atoms with Gasteiger partial charge in [0.15, 0.2) is 0 Å². The zero-order valence-electron chi connectivity index (χ0n) is 11.6. The Morgan fingerprint density at radius 1 is 0.950 bits per heavy atom. The van der Waals surface area contributed by atoms with Gasteiger partial charge in [0.2, 0.25) is 0 Å². The van der Waals surface area contributed by atoms with E-state index in [1.165, 1.54) is 11.3 Å². The van der Waals surface area contributed by atoms with Crippen LogP contribution in [0, 0.1) is 0 Å². The Morgan fingerprint density at radius 3 is 2.45 bits per heavy atom. The molecular formula is C15H17N5. The molecule has 5 nitrogen and oxygen atoms in total. The fourth-order valence-electron chi connectivity index (χ4n) is 3.03. The maximum absolute atomic E-state index is 4.81. The van der Waals surface area contributed by atoms with Gasteiger partial charge in [0.05, 0.1) is 22.8 Å². The van der Waals surface area contributed by atoms with E-state index in [0.29, 0.717) is 0 Å². The Bertz CT molecular complexity index is 629. The molecule has 0 atom stereocenters. The molecule has 0 N–H and O–H groups in total. The molecule has 0 fully saturated rings. The molecule has 2 aromatic heterocycles. The summed E-state index contributed by atoms with van der Waals surface area (Å²) in [6.45, 7) is 4.61. The van der Waals surface area contributed by atoms with Gasteiger partial charge in [0.1, 0.15) is 0 Å². The summed E-state index contributed by atoms with van der Waals surface area (Å²) < 4.78 is 0. The molecule has 5 heteroatoms. The van der Waals surface area contributed by atoms with Crippen molar-refractivity contribution in [3.8, 4) is 0 Å². The fraction of sp³-hybridized carbons (Fsp3) is 0.400. The Morgan fingerprint density at radius 2 is 1.70 bits per heavy atom. The Labute approximate surface area is 118 Å². The predicted molar refractivity (Wildman–Crippen MR) is 74.4 cm³/mol. The monoisotopic (exact) mass is 267 g/mol. The normalized spacial score (nSPS) is 18.2. The second-order valence-corrected chi connectivity index (χ2v) is 5.68. The average Bonchev–Trinajstić information content (AvgIpc) is 2.99. The van der Waals surface area contributed by atoms with E-state index in [-0.39, 0.29) is 0 Å². The molecule has 0 radical (unpaired) electrons. The quantitative estimate of drug-likeness (QED) is 0.821. The summed E-state index contributed by atoms with van der Waals surface area (Å²) in [6.07, 6.45) is 3.54. The first-order valence-corrected chi connectivity index (χ1v) is 6.95. The third kappa shape index (κ3) is 2.09. The van der Waals surface area contributed by atoms with Gasteiger partial charge in [0, 0.05) is 45.1 Å². The van der Waals surface area contributed by atoms with Gasteiger partial charge < -0.3 is 0 Å². The van der Waals surface area contributed by atoms with Gasteiger partial charge in [-0.2, -0.15) is 0 Å². The summed E-state index contributed by atoms with van der Waals surface area (Å²) >= 11 is 0. The van der Waals surface area contributed by atoms with Gasteiger partial charge in [-0.25, -0.2) is 0 Å². The molecule has 2 aliphatic rings. The van der Waals surface area contributed by atoms with E-state index in [9.17, 15) is 0 Å². The van der Waals surface area contributed by atoms with Crippen LogP contribution < -0.4 is 0 Å². The maximum Gasteiger partial charge on any atom is 0.0772 e. The summed E-state index contributed by atoms with van der Waals surface area (Å²) in [5.74, 6) is 0. The van der Waals surface area contributed by atoms with E-state index in [0.717, 1.165) is 49.8 Å². The van der Waals surface area contributed by atoms with Crippen molar-refractivity contribution in [2.75, 3.05) is 7.05 Å². The minimum atomic E-state index is 0.870. The van der Waals surface area contributed by atoms with E-state index >= 15 is 0 Å². The molecule has 0 unspecified atom stereocenters. The van der Waals surface area contributed by atoms with Crippen molar-refractivity contribution in [3.63, 3.8) is 0 Å². The highest BCUT2D eigenvalue weighted by Crippen LogP contribution is 2.23. The van der Waals surface area contributed by atoms with Crippen LogP contribution in [-0.2, 0) is 32.7 Å². The molecule has 102 valence electrons. The Balaban J connectivity index is 1.50. The smallest absolute Gasteiger partial charge is 0.0772 e. The lowest BCUT2D eigenvalue weighted by atomic mass is 10.2. The van der Waals surface area contributed by atoms with Gasteiger partial charge >= 0.3 is 0 Å². The molecule has 0 aromatic carbocycles. The topological polar surface area (TPSA) is 45.2 Å². The van der Waals surface area contributed by atoms with Gasteiger partial charge in [-0.15, -0.1) is 0 Å². The molecule has 0 saturated heterocycles. The van der Waals surface area contributed by atoms with Crippen molar-refractivity contribution >= 4 is 0 Å². The second kappa shape index (κ2) is 4.61. The lowest BCUT2D eigenvalue weighted by molar-refractivity contribution is 0.269. The lowest BCUT2D eigenvalue weighted by Crippen LogP contribution is -2.17.